The summed E-state index contributed by atoms with van der Waals surface area (Å²) in [6.45, 7) is 3.37. The zero-order chi connectivity index (χ0) is 16.5. The zero-order valence-corrected chi connectivity index (χ0v) is 14.4. The normalized spacial score (nSPS) is 13.1. The van der Waals surface area contributed by atoms with Crippen molar-refractivity contribution in [1.29, 1.82) is 0 Å². The maximum Gasteiger partial charge on any atom is 0.262 e. The van der Waals surface area contributed by atoms with Gasteiger partial charge in [0.15, 0.2) is 11.5 Å². The van der Waals surface area contributed by atoms with E-state index in [1.807, 2.05) is 24.3 Å². The summed E-state index contributed by atoms with van der Waals surface area (Å²) in [6.07, 6.45) is 4.26. The van der Waals surface area contributed by atoms with Crippen LogP contribution in [0.3, 0.4) is 0 Å². The average molecular weight is 340 g/mol. The van der Waals surface area contributed by atoms with Gasteiger partial charge >= 0.3 is 0 Å². The van der Waals surface area contributed by atoms with Crippen LogP contribution in [0.4, 0.5) is 0 Å². The van der Waals surface area contributed by atoms with Gasteiger partial charge in [-0.25, -0.2) is 0 Å². The molecule has 0 saturated carbocycles. The molecule has 0 N–H and O–H groups in total. The number of aromatic nitrogens is 1. The highest BCUT2D eigenvalue weighted by atomic mass is 32.1. The van der Waals surface area contributed by atoms with E-state index >= 15 is 0 Å². The number of methoxy groups -OCH3 is 1. The molecular formula is C19H18NO3S+. The number of aryl methyl sites for hydroxylation is 1. The molecule has 0 fully saturated rings. The molecule has 0 bridgehead atoms. The summed E-state index contributed by atoms with van der Waals surface area (Å²) in [5.74, 6) is 2.50. The van der Waals surface area contributed by atoms with Crippen LogP contribution < -0.4 is 18.8 Å². The second kappa shape index (κ2) is 6.17. The molecule has 1 aliphatic rings. The van der Waals surface area contributed by atoms with E-state index < -0.39 is 0 Å². The fourth-order valence-electron chi connectivity index (χ4n) is 2.84. The van der Waals surface area contributed by atoms with Gasteiger partial charge in [0.1, 0.15) is 17.0 Å². The Morgan fingerprint density at radius 3 is 2.83 bits per heavy atom. The lowest BCUT2D eigenvalue weighted by Crippen LogP contribution is -2.33. The van der Waals surface area contributed by atoms with Gasteiger partial charge in [0.2, 0.25) is 12.3 Å². The first kappa shape index (κ1) is 15.0. The van der Waals surface area contributed by atoms with Crippen molar-refractivity contribution in [1.82, 2.24) is 0 Å². The molecule has 5 heteroatoms. The molecule has 0 unspecified atom stereocenters. The first-order valence-electron chi connectivity index (χ1n) is 7.86. The van der Waals surface area contributed by atoms with Crippen LogP contribution in [0.5, 0.6) is 17.2 Å². The molecular weight excluding hydrogens is 322 g/mol. The first-order valence-corrected chi connectivity index (χ1v) is 8.68. The third kappa shape index (κ3) is 2.61. The summed E-state index contributed by atoms with van der Waals surface area (Å²) in [5, 5.41) is 1.21. The number of nitrogens with zero attached hydrogens (tertiary/aromatic N) is 1. The molecule has 24 heavy (non-hydrogen) atoms. The molecule has 122 valence electrons. The van der Waals surface area contributed by atoms with Crippen LogP contribution in [0.1, 0.15) is 17.5 Å². The molecule has 1 aromatic heterocycles. The van der Waals surface area contributed by atoms with Crippen LogP contribution in [-0.2, 0) is 6.54 Å². The quantitative estimate of drug-likeness (QED) is 0.670. The Labute approximate surface area is 144 Å². The van der Waals surface area contributed by atoms with Crippen molar-refractivity contribution >= 4 is 33.7 Å². The number of hydrogen-bond acceptors (Lipinski definition) is 4. The average Bonchev–Trinajstić information content (AvgIpc) is 3.22. The number of hydrogen-bond donors (Lipinski definition) is 0. The Kier molecular flexibility index (Phi) is 3.86. The maximum absolute atomic E-state index is 5.44. The molecule has 0 spiro atoms. The Morgan fingerprint density at radius 2 is 2.00 bits per heavy atom. The predicted molar refractivity (Wildman–Crippen MR) is 95.7 cm³/mol. The summed E-state index contributed by atoms with van der Waals surface area (Å²) >= 11 is 1.78. The van der Waals surface area contributed by atoms with Crippen LogP contribution in [0.25, 0.3) is 22.4 Å². The molecule has 3 aromatic rings. The van der Waals surface area contributed by atoms with Crippen molar-refractivity contribution in [3.63, 3.8) is 0 Å². The lowest BCUT2D eigenvalue weighted by molar-refractivity contribution is -0.665. The molecule has 2 aromatic carbocycles. The van der Waals surface area contributed by atoms with Crippen LogP contribution in [-0.4, -0.2) is 13.9 Å². The van der Waals surface area contributed by atoms with Gasteiger partial charge in [-0.2, -0.15) is 4.57 Å². The number of ether oxygens (including phenoxy) is 3. The summed E-state index contributed by atoms with van der Waals surface area (Å²) in [6, 6.07) is 12.2. The van der Waals surface area contributed by atoms with Crippen LogP contribution in [0, 0.1) is 0 Å². The van der Waals surface area contributed by atoms with Gasteiger partial charge in [0.05, 0.1) is 13.2 Å². The Hall–Kier alpha value is -2.53. The molecule has 0 amide bonds. The minimum absolute atomic E-state index is 0.302. The van der Waals surface area contributed by atoms with E-state index in [0.29, 0.717) is 6.79 Å². The molecule has 0 aliphatic carbocycles. The lowest BCUT2D eigenvalue weighted by atomic mass is 10.2. The summed E-state index contributed by atoms with van der Waals surface area (Å²) in [4.78, 5) is 0. The van der Waals surface area contributed by atoms with Crippen molar-refractivity contribution in [2.45, 2.75) is 13.5 Å². The van der Waals surface area contributed by atoms with E-state index in [1.54, 1.807) is 18.4 Å². The number of rotatable bonds is 4. The molecule has 4 nitrogen and oxygen atoms in total. The molecule has 0 saturated heterocycles. The Morgan fingerprint density at radius 1 is 1.12 bits per heavy atom. The summed E-state index contributed by atoms with van der Waals surface area (Å²) < 4.78 is 19.7. The van der Waals surface area contributed by atoms with Gasteiger partial charge in [-0.1, -0.05) is 17.4 Å². The SMILES string of the molecule is CC[n+]1c(/C=C/c2ccc3c(c2)OCO3)sc2ccc(OC)cc21. The summed E-state index contributed by atoms with van der Waals surface area (Å²) in [5.41, 5.74) is 2.30. The molecule has 4 rings (SSSR count). The zero-order valence-electron chi connectivity index (χ0n) is 13.6. The van der Waals surface area contributed by atoms with E-state index in [-0.39, 0.29) is 0 Å². The standard InChI is InChI=1S/C19H18NO3S/c1-3-20-15-11-14(21-2)6-8-18(15)24-19(20)9-5-13-4-7-16-17(10-13)23-12-22-16/h4-11H,3,12H2,1-2H3/q+1/b9-5+. The predicted octanol–water partition coefficient (Wildman–Crippen LogP) is 4.12. The smallest absolute Gasteiger partial charge is 0.262 e. The van der Waals surface area contributed by atoms with Gasteiger partial charge in [0, 0.05) is 6.08 Å². The van der Waals surface area contributed by atoms with Gasteiger partial charge in [-0.3, -0.25) is 0 Å². The van der Waals surface area contributed by atoms with E-state index in [1.165, 1.54) is 15.2 Å². The van der Waals surface area contributed by atoms with E-state index in [2.05, 4.69) is 35.8 Å². The van der Waals surface area contributed by atoms with E-state index in [4.69, 9.17) is 14.2 Å². The Balaban J connectivity index is 1.71. The van der Waals surface area contributed by atoms with Crippen LogP contribution in [0.2, 0.25) is 0 Å². The third-order valence-electron chi connectivity index (χ3n) is 4.07. The van der Waals surface area contributed by atoms with Gasteiger partial charge in [0.25, 0.3) is 5.01 Å². The minimum atomic E-state index is 0.302. The highest BCUT2D eigenvalue weighted by Gasteiger charge is 2.18. The van der Waals surface area contributed by atoms with Crippen molar-refractivity contribution in [3.8, 4) is 17.2 Å². The minimum Gasteiger partial charge on any atom is -0.497 e. The van der Waals surface area contributed by atoms with Crippen molar-refractivity contribution in [2.24, 2.45) is 0 Å². The monoisotopic (exact) mass is 340 g/mol. The number of fused-ring (bicyclic) bond motifs is 2. The van der Waals surface area contributed by atoms with E-state index in [9.17, 15) is 0 Å². The van der Waals surface area contributed by atoms with Gasteiger partial charge < -0.3 is 14.2 Å². The van der Waals surface area contributed by atoms with E-state index in [0.717, 1.165) is 29.4 Å². The van der Waals surface area contributed by atoms with Crippen LogP contribution in [0.15, 0.2) is 36.4 Å². The van der Waals surface area contributed by atoms with Crippen molar-refractivity contribution in [3.05, 3.63) is 47.0 Å². The molecule has 0 radical (unpaired) electrons. The first-order chi connectivity index (χ1) is 11.8. The topological polar surface area (TPSA) is 31.6 Å². The molecule has 1 aliphatic heterocycles. The fourth-order valence-corrected chi connectivity index (χ4v) is 3.95. The highest BCUT2D eigenvalue weighted by Crippen LogP contribution is 2.33. The molecule has 0 atom stereocenters. The number of thiazole rings is 1. The van der Waals surface area contributed by atoms with Gasteiger partial charge in [-0.05, 0) is 42.8 Å². The van der Waals surface area contributed by atoms with Crippen molar-refractivity contribution in [2.75, 3.05) is 13.9 Å². The highest BCUT2D eigenvalue weighted by molar-refractivity contribution is 7.18. The third-order valence-corrected chi connectivity index (χ3v) is 5.20. The summed E-state index contributed by atoms with van der Waals surface area (Å²) in [7, 11) is 1.70. The fraction of sp³-hybridized carbons (Fsp3) is 0.211. The largest absolute Gasteiger partial charge is 0.497 e. The van der Waals surface area contributed by atoms with Crippen molar-refractivity contribution < 1.29 is 18.8 Å². The van der Waals surface area contributed by atoms with Crippen LogP contribution >= 0.6 is 11.3 Å². The van der Waals surface area contributed by atoms with Gasteiger partial charge in [-0.15, -0.1) is 0 Å². The Bertz CT molecular complexity index is 930. The second-order valence-corrected chi connectivity index (χ2v) is 6.53. The lowest BCUT2D eigenvalue weighted by Gasteiger charge is -1.98. The number of benzene rings is 2. The molecule has 2 heterocycles. The maximum atomic E-state index is 5.44. The second-order valence-electron chi connectivity index (χ2n) is 5.46.